The van der Waals surface area contributed by atoms with Crippen LogP contribution in [-0.4, -0.2) is 28.3 Å². The lowest BCUT2D eigenvalue weighted by atomic mass is 10.1. The highest BCUT2D eigenvalue weighted by Crippen LogP contribution is 2.19. The Bertz CT molecular complexity index is 587. The number of halogens is 1. The number of carbonyl (C=O) groups is 1. The van der Waals surface area contributed by atoms with Crippen molar-refractivity contribution >= 4 is 27.7 Å². The number of rotatable bonds is 3. The number of hydrogen-bond acceptors (Lipinski definition) is 3. The Balaban J connectivity index is 2.04. The molecule has 0 bridgehead atoms. The predicted molar refractivity (Wildman–Crippen MR) is 73.0 cm³/mol. The van der Waals surface area contributed by atoms with Crippen LogP contribution in [-0.2, 0) is 6.42 Å². The molecule has 0 saturated carbocycles. The van der Waals surface area contributed by atoms with Crippen molar-refractivity contribution in [1.82, 2.24) is 14.7 Å². The van der Waals surface area contributed by atoms with Crippen molar-refractivity contribution in [1.29, 1.82) is 0 Å². The van der Waals surface area contributed by atoms with Crippen LogP contribution < -0.4 is 5.32 Å². The lowest BCUT2D eigenvalue weighted by Gasteiger charge is -2.08. The highest BCUT2D eigenvalue weighted by atomic mass is 79.9. The summed E-state index contributed by atoms with van der Waals surface area (Å²) < 4.78 is 3.00. The number of carbonyl (C=O) groups excluding carboxylic acids is 1. The van der Waals surface area contributed by atoms with E-state index in [9.17, 15) is 4.79 Å². The molecule has 0 amide bonds. The van der Waals surface area contributed by atoms with Gasteiger partial charge in [0.15, 0.2) is 6.29 Å². The van der Waals surface area contributed by atoms with E-state index in [1.54, 1.807) is 0 Å². The second-order valence-corrected chi connectivity index (χ2v) is 5.55. The quantitative estimate of drug-likeness (QED) is 0.884. The number of imidazole rings is 1. The number of aldehydes is 1. The van der Waals surface area contributed by atoms with Gasteiger partial charge in [0.1, 0.15) is 11.5 Å². The van der Waals surface area contributed by atoms with Crippen LogP contribution >= 0.6 is 15.9 Å². The zero-order chi connectivity index (χ0) is 12.5. The summed E-state index contributed by atoms with van der Waals surface area (Å²) in [6.45, 7) is 1.08. The summed E-state index contributed by atoms with van der Waals surface area (Å²) in [5, 5.41) is 3.46. The van der Waals surface area contributed by atoms with Crippen molar-refractivity contribution in [2.24, 2.45) is 0 Å². The monoisotopic (exact) mass is 307 g/mol. The molecule has 5 heteroatoms. The van der Waals surface area contributed by atoms with Crippen LogP contribution in [0.5, 0.6) is 0 Å². The van der Waals surface area contributed by atoms with Crippen molar-refractivity contribution < 1.29 is 4.79 Å². The summed E-state index contributed by atoms with van der Waals surface area (Å²) in [7, 11) is 0. The van der Waals surface area contributed by atoms with Crippen molar-refractivity contribution in [3.8, 4) is 0 Å². The summed E-state index contributed by atoms with van der Waals surface area (Å²) in [5.41, 5.74) is 1.40. The summed E-state index contributed by atoms with van der Waals surface area (Å²) >= 11 is 3.46. The van der Waals surface area contributed by atoms with Gasteiger partial charge in [-0.2, -0.15) is 0 Å². The fourth-order valence-electron chi connectivity index (χ4n) is 2.53. The number of nitrogens with one attached hydrogen (secondary N) is 1. The van der Waals surface area contributed by atoms with E-state index in [0.717, 1.165) is 35.1 Å². The molecule has 0 aliphatic carbocycles. The third-order valence-corrected chi connectivity index (χ3v) is 3.87. The fraction of sp³-hybridized carbons (Fsp3) is 0.385. The van der Waals surface area contributed by atoms with Crippen molar-refractivity contribution in [2.75, 3.05) is 6.54 Å². The third kappa shape index (κ3) is 2.08. The molecule has 2 aromatic heterocycles. The van der Waals surface area contributed by atoms with Gasteiger partial charge in [-0.05, 0) is 47.4 Å². The summed E-state index contributed by atoms with van der Waals surface area (Å²) in [4.78, 5) is 15.5. The molecule has 3 rings (SSSR count). The molecule has 1 N–H and O–H groups in total. The Morgan fingerprint density at radius 2 is 2.44 bits per heavy atom. The van der Waals surface area contributed by atoms with E-state index in [4.69, 9.17) is 0 Å². The average Bonchev–Trinajstić information content (AvgIpc) is 2.98. The first-order valence-corrected chi connectivity index (χ1v) is 6.92. The van der Waals surface area contributed by atoms with E-state index in [2.05, 4.69) is 26.2 Å². The standard InChI is InChI=1S/C13H14BrN3O/c14-9-3-4-12-11(8-18)16-13(17(12)7-9)6-10-2-1-5-15-10/h3-4,7-8,10,15H,1-2,5-6H2. The van der Waals surface area contributed by atoms with Crippen LogP contribution in [0, 0.1) is 0 Å². The second kappa shape index (κ2) is 4.82. The van der Waals surface area contributed by atoms with Gasteiger partial charge in [-0.3, -0.25) is 4.79 Å². The van der Waals surface area contributed by atoms with E-state index in [-0.39, 0.29) is 0 Å². The lowest BCUT2D eigenvalue weighted by Crippen LogP contribution is -2.24. The third-order valence-electron chi connectivity index (χ3n) is 3.41. The maximum Gasteiger partial charge on any atom is 0.170 e. The van der Waals surface area contributed by atoms with Crippen molar-refractivity contribution in [3.63, 3.8) is 0 Å². The molecule has 94 valence electrons. The molecule has 1 aliphatic rings. The van der Waals surface area contributed by atoms with Gasteiger partial charge in [0, 0.05) is 23.1 Å². The van der Waals surface area contributed by atoms with Gasteiger partial charge in [0.05, 0.1) is 5.52 Å². The molecule has 3 heterocycles. The second-order valence-electron chi connectivity index (χ2n) is 4.63. The minimum absolute atomic E-state index is 0.481. The van der Waals surface area contributed by atoms with Crippen LogP contribution in [0.3, 0.4) is 0 Å². The molecule has 1 saturated heterocycles. The minimum Gasteiger partial charge on any atom is -0.314 e. The van der Waals surface area contributed by atoms with Crippen molar-refractivity contribution in [3.05, 3.63) is 34.3 Å². The van der Waals surface area contributed by atoms with E-state index in [0.29, 0.717) is 11.7 Å². The molecule has 1 atom stereocenters. The number of hydrogen-bond donors (Lipinski definition) is 1. The largest absolute Gasteiger partial charge is 0.314 e. The molecule has 1 unspecified atom stereocenters. The molecule has 1 aliphatic heterocycles. The number of fused-ring (bicyclic) bond motifs is 1. The Hall–Kier alpha value is -1.20. The highest BCUT2D eigenvalue weighted by molar-refractivity contribution is 9.10. The molecule has 18 heavy (non-hydrogen) atoms. The summed E-state index contributed by atoms with van der Waals surface area (Å²) in [6, 6.07) is 4.34. The van der Waals surface area contributed by atoms with Gasteiger partial charge in [0.2, 0.25) is 0 Å². The zero-order valence-electron chi connectivity index (χ0n) is 9.90. The van der Waals surface area contributed by atoms with Crippen molar-refractivity contribution in [2.45, 2.75) is 25.3 Å². The molecular weight excluding hydrogens is 294 g/mol. The first-order valence-electron chi connectivity index (χ1n) is 6.13. The van der Waals surface area contributed by atoms with Gasteiger partial charge < -0.3 is 9.72 Å². The van der Waals surface area contributed by atoms with E-state index >= 15 is 0 Å². The van der Waals surface area contributed by atoms with Gasteiger partial charge >= 0.3 is 0 Å². The molecular formula is C13H14BrN3O. The first-order chi connectivity index (χ1) is 8.78. The van der Waals surface area contributed by atoms with E-state index in [1.165, 1.54) is 12.8 Å². The summed E-state index contributed by atoms with van der Waals surface area (Å²) in [5.74, 6) is 0.952. The van der Waals surface area contributed by atoms with E-state index in [1.807, 2.05) is 22.7 Å². The van der Waals surface area contributed by atoms with Gasteiger partial charge in [0.25, 0.3) is 0 Å². The smallest absolute Gasteiger partial charge is 0.170 e. The van der Waals surface area contributed by atoms with Gasteiger partial charge in [-0.1, -0.05) is 0 Å². The highest BCUT2D eigenvalue weighted by Gasteiger charge is 2.18. The van der Waals surface area contributed by atoms with Crippen LogP contribution in [0.15, 0.2) is 22.8 Å². The Morgan fingerprint density at radius 1 is 1.56 bits per heavy atom. The predicted octanol–water partition coefficient (Wildman–Crippen LogP) is 2.20. The van der Waals surface area contributed by atoms with Crippen LogP contribution in [0.2, 0.25) is 0 Å². The minimum atomic E-state index is 0.481. The van der Waals surface area contributed by atoms with Crippen LogP contribution in [0.1, 0.15) is 29.2 Å². The summed E-state index contributed by atoms with van der Waals surface area (Å²) in [6.07, 6.45) is 6.07. The number of aromatic nitrogens is 2. The lowest BCUT2D eigenvalue weighted by molar-refractivity contribution is 0.112. The fourth-order valence-corrected chi connectivity index (χ4v) is 2.87. The molecule has 0 spiro atoms. The molecule has 0 radical (unpaired) electrons. The first kappa shape index (κ1) is 11.9. The maximum absolute atomic E-state index is 11.1. The average molecular weight is 308 g/mol. The Morgan fingerprint density at radius 3 is 3.17 bits per heavy atom. The molecule has 0 aromatic carbocycles. The molecule has 1 fully saturated rings. The molecule has 2 aromatic rings. The topological polar surface area (TPSA) is 46.4 Å². The molecule has 4 nitrogen and oxygen atoms in total. The van der Waals surface area contributed by atoms with Gasteiger partial charge in [-0.15, -0.1) is 0 Å². The van der Waals surface area contributed by atoms with Crippen LogP contribution in [0.4, 0.5) is 0 Å². The van der Waals surface area contributed by atoms with Crippen LogP contribution in [0.25, 0.3) is 5.52 Å². The Kier molecular flexibility index (Phi) is 3.18. The number of pyridine rings is 1. The normalized spacial score (nSPS) is 19.5. The SMILES string of the molecule is O=Cc1nc(CC2CCCN2)n2cc(Br)ccc12. The maximum atomic E-state index is 11.1. The number of nitrogens with zero attached hydrogens (tertiary/aromatic N) is 2. The van der Waals surface area contributed by atoms with Gasteiger partial charge in [-0.25, -0.2) is 4.98 Å². The van der Waals surface area contributed by atoms with E-state index < -0.39 is 0 Å². The zero-order valence-corrected chi connectivity index (χ0v) is 11.5. The Labute approximate surface area is 114 Å².